The van der Waals surface area contributed by atoms with Crippen LogP contribution in [0.15, 0.2) is 0 Å². The Morgan fingerprint density at radius 2 is 2.23 bits per heavy atom. The van der Waals surface area contributed by atoms with Gasteiger partial charge in [0.25, 0.3) is 5.91 Å². The maximum absolute atomic E-state index is 11.4. The minimum atomic E-state index is -0.871. The third kappa shape index (κ3) is 3.43. The van der Waals surface area contributed by atoms with Gasteiger partial charge in [0.15, 0.2) is 0 Å². The highest BCUT2D eigenvalue weighted by molar-refractivity contribution is 5.84. The number of ether oxygens (including phenoxy) is 1. The van der Waals surface area contributed by atoms with E-state index in [-0.39, 0.29) is 5.91 Å². The molecule has 74 valence electrons. The Balaban J connectivity index is 4.23. The summed E-state index contributed by atoms with van der Waals surface area (Å²) >= 11 is 0. The highest BCUT2D eigenvalue weighted by atomic mass is 16.5. The first-order chi connectivity index (χ1) is 5.97. The normalized spacial score (nSPS) is 13.2. The summed E-state index contributed by atoms with van der Waals surface area (Å²) < 4.78 is 4.97. The molecule has 4 heteroatoms. The lowest BCUT2D eigenvalue weighted by Crippen LogP contribution is -2.47. The molecule has 0 aliphatic heterocycles. The van der Waals surface area contributed by atoms with Crippen molar-refractivity contribution in [2.45, 2.75) is 38.8 Å². The lowest BCUT2D eigenvalue weighted by molar-refractivity contribution is -0.139. The lowest BCUT2D eigenvalue weighted by Gasteiger charge is -2.23. The summed E-state index contributed by atoms with van der Waals surface area (Å²) in [6, 6.07) is 1.56. The molecule has 0 spiro atoms. The molecule has 0 fully saturated rings. The van der Waals surface area contributed by atoms with E-state index in [9.17, 15) is 4.79 Å². The molecule has 1 N–H and O–H groups in total. The predicted molar refractivity (Wildman–Crippen MR) is 48.9 cm³/mol. The van der Waals surface area contributed by atoms with Gasteiger partial charge in [-0.05, 0) is 20.3 Å². The molecule has 0 saturated heterocycles. The van der Waals surface area contributed by atoms with Crippen molar-refractivity contribution in [2.75, 3.05) is 7.11 Å². The zero-order valence-electron chi connectivity index (χ0n) is 8.55. The topological polar surface area (TPSA) is 62.1 Å². The first kappa shape index (κ1) is 11.9. The number of carbonyl (C=O) groups is 1. The first-order valence-electron chi connectivity index (χ1n) is 4.23. The van der Waals surface area contributed by atoms with Crippen LogP contribution in [0.3, 0.4) is 0 Å². The van der Waals surface area contributed by atoms with Crippen molar-refractivity contribution in [1.29, 1.82) is 5.26 Å². The van der Waals surface area contributed by atoms with Crippen molar-refractivity contribution in [3.8, 4) is 6.07 Å². The van der Waals surface area contributed by atoms with Crippen molar-refractivity contribution < 1.29 is 9.53 Å². The first-order valence-corrected chi connectivity index (χ1v) is 4.23. The largest absolute Gasteiger partial charge is 0.369 e. The van der Waals surface area contributed by atoms with E-state index in [4.69, 9.17) is 10.00 Å². The summed E-state index contributed by atoms with van der Waals surface area (Å²) in [5.74, 6) is -0.261. The quantitative estimate of drug-likeness (QED) is 0.704. The molecule has 1 amide bonds. The Morgan fingerprint density at radius 3 is 2.54 bits per heavy atom. The maximum Gasteiger partial charge on any atom is 0.252 e. The van der Waals surface area contributed by atoms with Crippen molar-refractivity contribution in [3.05, 3.63) is 0 Å². The van der Waals surface area contributed by atoms with Gasteiger partial charge in [0.05, 0.1) is 6.07 Å². The van der Waals surface area contributed by atoms with E-state index >= 15 is 0 Å². The van der Waals surface area contributed by atoms with Crippen LogP contribution in [0.25, 0.3) is 0 Å². The number of carbonyl (C=O) groups excluding carboxylic acids is 1. The molecule has 0 bridgehead atoms. The van der Waals surface area contributed by atoms with Crippen LogP contribution < -0.4 is 5.32 Å². The fourth-order valence-corrected chi connectivity index (χ4v) is 0.650. The van der Waals surface area contributed by atoms with Gasteiger partial charge in [-0.1, -0.05) is 6.92 Å². The summed E-state index contributed by atoms with van der Waals surface area (Å²) in [5.41, 5.74) is -0.871. The molecular formula is C9H16N2O2. The van der Waals surface area contributed by atoms with Crippen LogP contribution in [0, 0.1) is 11.3 Å². The minimum absolute atomic E-state index is 0.261. The number of hydrogen-bond donors (Lipinski definition) is 1. The number of amides is 1. The van der Waals surface area contributed by atoms with Crippen molar-refractivity contribution in [1.82, 2.24) is 5.32 Å². The monoisotopic (exact) mass is 184 g/mol. The zero-order chi connectivity index (χ0) is 10.5. The van der Waals surface area contributed by atoms with Gasteiger partial charge in [0.2, 0.25) is 0 Å². The van der Waals surface area contributed by atoms with Gasteiger partial charge in [0, 0.05) is 7.11 Å². The lowest BCUT2D eigenvalue weighted by atomic mass is 10.1. The Kier molecular flexibility index (Phi) is 4.43. The Morgan fingerprint density at radius 1 is 1.69 bits per heavy atom. The van der Waals surface area contributed by atoms with Gasteiger partial charge in [-0.25, -0.2) is 0 Å². The van der Waals surface area contributed by atoms with Crippen LogP contribution in [0.5, 0.6) is 0 Å². The molecule has 0 aliphatic rings. The molecule has 0 rings (SSSR count). The van der Waals surface area contributed by atoms with Gasteiger partial charge >= 0.3 is 0 Å². The molecule has 0 aliphatic carbocycles. The average Bonchev–Trinajstić information content (AvgIpc) is 2.13. The van der Waals surface area contributed by atoms with Crippen LogP contribution in [-0.4, -0.2) is 24.7 Å². The number of nitriles is 1. The number of rotatable bonds is 4. The van der Waals surface area contributed by atoms with Crippen LogP contribution in [0.2, 0.25) is 0 Å². The summed E-state index contributed by atoms with van der Waals surface area (Å²) in [6.07, 6.45) is 0.599. The van der Waals surface area contributed by atoms with E-state index in [0.29, 0.717) is 6.42 Å². The smallest absolute Gasteiger partial charge is 0.252 e. The summed E-state index contributed by atoms with van der Waals surface area (Å²) in [4.78, 5) is 11.4. The molecule has 1 unspecified atom stereocenters. The fraction of sp³-hybridized carbons (Fsp3) is 0.778. The molecule has 0 aromatic rings. The third-order valence-corrected chi connectivity index (χ3v) is 1.93. The van der Waals surface area contributed by atoms with Gasteiger partial charge < -0.3 is 10.1 Å². The predicted octanol–water partition coefficient (Wildman–Crippen LogP) is 0.830. The van der Waals surface area contributed by atoms with Gasteiger partial charge in [-0.2, -0.15) is 5.26 Å². The molecule has 0 saturated carbocycles. The highest BCUT2D eigenvalue weighted by Gasteiger charge is 2.28. The van der Waals surface area contributed by atoms with Crippen LogP contribution >= 0.6 is 0 Å². The van der Waals surface area contributed by atoms with E-state index < -0.39 is 11.6 Å². The zero-order valence-corrected chi connectivity index (χ0v) is 8.55. The Hall–Kier alpha value is -1.08. The summed E-state index contributed by atoms with van der Waals surface area (Å²) in [7, 11) is 1.47. The number of hydrogen-bond acceptors (Lipinski definition) is 3. The number of methoxy groups -OCH3 is 1. The highest BCUT2D eigenvalue weighted by Crippen LogP contribution is 2.07. The van der Waals surface area contributed by atoms with Crippen molar-refractivity contribution >= 4 is 5.91 Å². The third-order valence-electron chi connectivity index (χ3n) is 1.93. The molecule has 0 heterocycles. The SMILES string of the molecule is CCC(C#N)NC(=O)C(C)(C)OC. The second-order valence-electron chi connectivity index (χ2n) is 3.28. The molecule has 0 aromatic heterocycles. The molecule has 0 radical (unpaired) electrons. The Bertz CT molecular complexity index is 218. The Labute approximate surface area is 78.9 Å². The van der Waals surface area contributed by atoms with E-state index in [0.717, 1.165) is 0 Å². The van der Waals surface area contributed by atoms with Crippen molar-refractivity contribution in [3.63, 3.8) is 0 Å². The van der Waals surface area contributed by atoms with Crippen LogP contribution in [0.1, 0.15) is 27.2 Å². The minimum Gasteiger partial charge on any atom is -0.369 e. The van der Waals surface area contributed by atoms with E-state index in [2.05, 4.69) is 5.32 Å². The van der Waals surface area contributed by atoms with Gasteiger partial charge in [-0.15, -0.1) is 0 Å². The second-order valence-corrected chi connectivity index (χ2v) is 3.28. The van der Waals surface area contributed by atoms with Crippen molar-refractivity contribution in [2.24, 2.45) is 0 Å². The molecule has 1 atom stereocenters. The van der Waals surface area contributed by atoms with Gasteiger partial charge in [-0.3, -0.25) is 4.79 Å². The number of nitrogens with one attached hydrogen (secondary N) is 1. The van der Waals surface area contributed by atoms with E-state index in [1.54, 1.807) is 13.8 Å². The van der Waals surface area contributed by atoms with Gasteiger partial charge in [0.1, 0.15) is 11.6 Å². The number of nitrogens with zero attached hydrogens (tertiary/aromatic N) is 1. The molecular weight excluding hydrogens is 168 g/mol. The summed E-state index contributed by atoms with van der Waals surface area (Å²) in [5, 5.41) is 11.2. The molecule has 13 heavy (non-hydrogen) atoms. The van der Waals surface area contributed by atoms with E-state index in [1.807, 2.05) is 13.0 Å². The second kappa shape index (κ2) is 4.83. The standard InChI is InChI=1S/C9H16N2O2/c1-5-7(6-10)11-8(12)9(2,3)13-4/h7H,5H2,1-4H3,(H,11,12). The van der Waals surface area contributed by atoms with Crippen LogP contribution in [-0.2, 0) is 9.53 Å². The molecule has 0 aromatic carbocycles. The summed E-state index contributed by atoms with van der Waals surface area (Å²) in [6.45, 7) is 5.16. The van der Waals surface area contributed by atoms with Crippen LogP contribution in [0.4, 0.5) is 0 Å². The maximum atomic E-state index is 11.4. The molecule has 4 nitrogen and oxygen atoms in total. The fourth-order valence-electron chi connectivity index (χ4n) is 0.650. The van der Waals surface area contributed by atoms with E-state index in [1.165, 1.54) is 7.11 Å². The average molecular weight is 184 g/mol.